The highest BCUT2D eigenvalue weighted by Gasteiger charge is 2.08. The minimum atomic E-state index is 0.517. The minimum Gasteiger partial charge on any atom is -0.192 e. The van der Waals surface area contributed by atoms with Gasteiger partial charge in [-0.05, 0) is 36.4 Å². The van der Waals surface area contributed by atoms with Crippen molar-refractivity contribution < 1.29 is 0 Å². The molecule has 18 heavy (non-hydrogen) atoms. The van der Waals surface area contributed by atoms with Gasteiger partial charge in [-0.25, -0.2) is 0 Å². The smallest absolute Gasteiger partial charge is 0.100 e. The number of hydrogen-bond donors (Lipinski definition) is 0. The number of benzene rings is 2. The second-order valence-electron chi connectivity index (χ2n) is 3.43. The Morgan fingerprint density at radius 2 is 1.56 bits per heavy atom. The molecule has 0 N–H and O–H groups in total. The molecular weight excluding hydrogens is 309 g/mol. The van der Waals surface area contributed by atoms with E-state index in [0.717, 1.165) is 9.79 Å². The Bertz CT molecular complexity index is 635. The monoisotopic (exact) mass is 313 g/mol. The van der Waals surface area contributed by atoms with E-state index in [1.807, 2.05) is 0 Å². The van der Waals surface area contributed by atoms with E-state index >= 15 is 0 Å². The Morgan fingerprint density at radius 1 is 0.889 bits per heavy atom. The van der Waals surface area contributed by atoms with Crippen molar-refractivity contribution in [2.45, 2.75) is 9.79 Å². The Hall–Kier alpha value is -0.850. The largest absolute Gasteiger partial charge is 0.192 e. The molecule has 0 bridgehead atoms. The van der Waals surface area contributed by atoms with E-state index in [-0.39, 0.29) is 0 Å². The van der Waals surface area contributed by atoms with Crippen molar-refractivity contribution in [1.29, 1.82) is 5.26 Å². The van der Waals surface area contributed by atoms with Crippen LogP contribution in [0.2, 0.25) is 15.1 Å². The van der Waals surface area contributed by atoms with E-state index in [1.165, 1.54) is 11.8 Å². The summed E-state index contributed by atoms with van der Waals surface area (Å²) in [4.78, 5) is 1.61. The summed E-state index contributed by atoms with van der Waals surface area (Å²) in [6.45, 7) is 0. The van der Waals surface area contributed by atoms with Crippen molar-refractivity contribution in [3.8, 4) is 6.07 Å². The quantitative estimate of drug-likeness (QED) is 0.713. The van der Waals surface area contributed by atoms with Gasteiger partial charge in [-0.1, -0.05) is 46.6 Å². The zero-order valence-electron chi connectivity index (χ0n) is 8.95. The molecule has 0 fully saturated rings. The fourth-order valence-corrected chi connectivity index (χ4v) is 2.93. The SMILES string of the molecule is N#Cc1cc(Cl)ccc1Sc1cc(Cl)ccc1Cl. The van der Waals surface area contributed by atoms with Gasteiger partial charge in [-0.15, -0.1) is 0 Å². The van der Waals surface area contributed by atoms with E-state index in [0.29, 0.717) is 20.6 Å². The van der Waals surface area contributed by atoms with E-state index < -0.39 is 0 Å². The molecule has 90 valence electrons. The topological polar surface area (TPSA) is 23.8 Å². The van der Waals surface area contributed by atoms with Gasteiger partial charge in [0.05, 0.1) is 10.6 Å². The van der Waals surface area contributed by atoms with Crippen LogP contribution in [0.1, 0.15) is 5.56 Å². The summed E-state index contributed by atoms with van der Waals surface area (Å²) in [5.74, 6) is 0. The summed E-state index contributed by atoms with van der Waals surface area (Å²) in [6, 6.07) is 12.5. The lowest BCUT2D eigenvalue weighted by Gasteiger charge is -2.06. The first kappa shape index (κ1) is 13.6. The van der Waals surface area contributed by atoms with Crippen LogP contribution in [0, 0.1) is 11.3 Å². The lowest BCUT2D eigenvalue weighted by Crippen LogP contribution is -1.82. The highest BCUT2D eigenvalue weighted by Crippen LogP contribution is 2.37. The molecule has 0 atom stereocenters. The van der Waals surface area contributed by atoms with Gasteiger partial charge in [0.15, 0.2) is 0 Å². The van der Waals surface area contributed by atoms with Crippen LogP contribution in [0.5, 0.6) is 0 Å². The van der Waals surface area contributed by atoms with Gasteiger partial charge in [0.25, 0.3) is 0 Å². The van der Waals surface area contributed by atoms with Gasteiger partial charge in [0.2, 0.25) is 0 Å². The second kappa shape index (κ2) is 5.86. The Kier molecular flexibility index (Phi) is 4.42. The normalized spacial score (nSPS) is 10.1. The van der Waals surface area contributed by atoms with Gasteiger partial charge >= 0.3 is 0 Å². The van der Waals surface area contributed by atoms with Crippen LogP contribution in [0.15, 0.2) is 46.2 Å². The zero-order chi connectivity index (χ0) is 13.1. The van der Waals surface area contributed by atoms with Gasteiger partial charge in [0.1, 0.15) is 6.07 Å². The molecule has 0 unspecified atom stereocenters. The molecule has 0 radical (unpaired) electrons. The number of halogens is 3. The van der Waals surface area contributed by atoms with Crippen LogP contribution >= 0.6 is 46.6 Å². The molecule has 0 saturated heterocycles. The van der Waals surface area contributed by atoms with Crippen molar-refractivity contribution in [3.63, 3.8) is 0 Å². The van der Waals surface area contributed by atoms with Crippen molar-refractivity contribution >= 4 is 46.6 Å². The highest BCUT2D eigenvalue weighted by atomic mass is 35.5. The maximum Gasteiger partial charge on any atom is 0.100 e. The predicted molar refractivity (Wildman–Crippen MR) is 76.8 cm³/mol. The molecule has 2 rings (SSSR count). The molecule has 0 aliphatic heterocycles. The average molecular weight is 315 g/mol. The van der Waals surface area contributed by atoms with Crippen molar-refractivity contribution in [2.75, 3.05) is 0 Å². The number of rotatable bonds is 2. The van der Waals surface area contributed by atoms with Crippen LogP contribution in [0.4, 0.5) is 0 Å². The van der Waals surface area contributed by atoms with Gasteiger partial charge < -0.3 is 0 Å². The average Bonchev–Trinajstić information content (AvgIpc) is 2.36. The molecule has 0 aromatic heterocycles. The number of nitriles is 1. The third-order valence-corrected chi connectivity index (χ3v) is 4.22. The molecule has 0 amide bonds. The first-order chi connectivity index (χ1) is 8.60. The van der Waals surface area contributed by atoms with Gasteiger partial charge in [0, 0.05) is 19.8 Å². The fraction of sp³-hybridized carbons (Fsp3) is 0. The highest BCUT2D eigenvalue weighted by molar-refractivity contribution is 7.99. The molecule has 5 heteroatoms. The summed E-state index contributed by atoms with van der Waals surface area (Å²) >= 11 is 19.2. The first-order valence-electron chi connectivity index (χ1n) is 4.92. The first-order valence-corrected chi connectivity index (χ1v) is 6.88. The summed E-state index contributed by atoms with van der Waals surface area (Å²) in [7, 11) is 0. The summed E-state index contributed by atoms with van der Waals surface area (Å²) < 4.78 is 0. The fourth-order valence-electron chi connectivity index (χ4n) is 1.35. The van der Waals surface area contributed by atoms with E-state index in [2.05, 4.69) is 6.07 Å². The zero-order valence-corrected chi connectivity index (χ0v) is 12.0. The summed E-state index contributed by atoms with van der Waals surface area (Å²) in [5, 5.41) is 10.8. The standard InChI is InChI=1S/C13H6Cl3NS/c14-9-2-4-12(8(5-9)7-17)18-13-6-10(15)1-3-11(13)16/h1-6H. The van der Waals surface area contributed by atoms with E-state index in [4.69, 9.17) is 40.1 Å². The summed E-state index contributed by atoms with van der Waals surface area (Å²) in [5.41, 5.74) is 0.517. The Balaban J connectivity index is 2.40. The molecule has 1 nitrogen and oxygen atoms in total. The number of nitrogens with zero attached hydrogens (tertiary/aromatic N) is 1. The van der Waals surface area contributed by atoms with Gasteiger partial charge in [-0.2, -0.15) is 5.26 Å². The molecule has 0 aliphatic carbocycles. The van der Waals surface area contributed by atoms with Crippen LogP contribution in [-0.2, 0) is 0 Å². The molecule has 0 heterocycles. The molecule has 0 aliphatic rings. The van der Waals surface area contributed by atoms with Crippen molar-refractivity contribution in [3.05, 3.63) is 57.0 Å². The maximum absolute atomic E-state index is 9.06. The molecule has 0 saturated carbocycles. The Morgan fingerprint density at radius 3 is 2.28 bits per heavy atom. The van der Waals surface area contributed by atoms with Crippen molar-refractivity contribution in [2.24, 2.45) is 0 Å². The van der Waals surface area contributed by atoms with Crippen LogP contribution in [0.3, 0.4) is 0 Å². The van der Waals surface area contributed by atoms with Crippen molar-refractivity contribution in [1.82, 2.24) is 0 Å². The third-order valence-electron chi connectivity index (χ3n) is 2.18. The minimum absolute atomic E-state index is 0.517. The number of hydrogen-bond acceptors (Lipinski definition) is 2. The van der Waals surface area contributed by atoms with E-state index in [9.17, 15) is 0 Å². The molecular formula is C13H6Cl3NS. The van der Waals surface area contributed by atoms with Crippen LogP contribution in [0.25, 0.3) is 0 Å². The van der Waals surface area contributed by atoms with Crippen LogP contribution in [-0.4, -0.2) is 0 Å². The molecule has 2 aromatic rings. The third kappa shape index (κ3) is 3.13. The molecule has 2 aromatic carbocycles. The van der Waals surface area contributed by atoms with Crippen LogP contribution < -0.4 is 0 Å². The summed E-state index contributed by atoms with van der Waals surface area (Å²) in [6.07, 6.45) is 0. The molecule has 0 spiro atoms. The maximum atomic E-state index is 9.06. The van der Waals surface area contributed by atoms with E-state index in [1.54, 1.807) is 36.4 Å². The predicted octanol–water partition coefficient (Wildman–Crippen LogP) is 5.67. The second-order valence-corrected chi connectivity index (χ2v) is 5.79. The van der Waals surface area contributed by atoms with Gasteiger partial charge in [-0.3, -0.25) is 0 Å². The lowest BCUT2D eigenvalue weighted by molar-refractivity contribution is 1.35. The lowest BCUT2D eigenvalue weighted by atomic mass is 10.2. The Labute approximate surface area is 124 Å².